The van der Waals surface area contributed by atoms with Crippen LogP contribution in [0.1, 0.15) is 35.9 Å². The number of rotatable bonds is 4. The van der Waals surface area contributed by atoms with Crippen molar-refractivity contribution in [3.63, 3.8) is 0 Å². The summed E-state index contributed by atoms with van der Waals surface area (Å²) in [4.78, 5) is 5.56. The maximum atomic E-state index is 5.19. The van der Waals surface area contributed by atoms with Crippen molar-refractivity contribution in [2.75, 3.05) is 14.2 Å². The van der Waals surface area contributed by atoms with Crippen LogP contribution in [-0.4, -0.2) is 19.1 Å². The molecular weight excluding hydrogens is 184 g/mol. The molecular formula is C9H16N2OS. The molecule has 0 aliphatic rings. The predicted molar refractivity (Wildman–Crippen MR) is 55.0 cm³/mol. The molecule has 2 unspecified atom stereocenters. The third-order valence-electron chi connectivity index (χ3n) is 2.10. The highest BCUT2D eigenvalue weighted by atomic mass is 32.1. The van der Waals surface area contributed by atoms with Crippen molar-refractivity contribution < 1.29 is 4.74 Å². The summed E-state index contributed by atoms with van der Waals surface area (Å²) in [5.41, 5.74) is 0. The van der Waals surface area contributed by atoms with Crippen molar-refractivity contribution in [3.05, 3.63) is 16.1 Å². The topological polar surface area (TPSA) is 34.2 Å². The van der Waals surface area contributed by atoms with Crippen molar-refractivity contribution in [1.82, 2.24) is 10.3 Å². The molecule has 0 saturated heterocycles. The Morgan fingerprint density at radius 2 is 2.23 bits per heavy atom. The minimum absolute atomic E-state index is 0.0998. The lowest BCUT2D eigenvalue weighted by atomic mass is 10.3. The molecule has 4 heteroatoms. The number of aromatic nitrogens is 1. The van der Waals surface area contributed by atoms with Crippen LogP contribution in [0, 0.1) is 0 Å². The molecule has 74 valence electrons. The summed E-state index contributed by atoms with van der Waals surface area (Å²) in [5.74, 6) is 0. The van der Waals surface area contributed by atoms with Gasteiger partial charge in [-0.2, -0.15) is 0 Å². The van der Waals surface area contributed by atoms with Gasteiger partial charge in [-0.1, -0.05) is 0 Å². The maximum absolute atomic E-state index is 5.19. The fourth-order valence-electron chi connectivity index (χ4n) is 0.932. The summed E-state index contributed by atoms with van der Waals surface area (Å²) < 4.78 is 5.19. The average molecular weight is 200 g/mol. The van der Waals surface area contributed by atoms with Gasteiger partial charge in [0.2, 0.25) is 0 Å². The molecule has 13 heavy (non-hydrogen) atoms. The Kier molecular flexibility index (Phi) is 3.84. The van der Waals surface area contributed by atoms with Gasteiger partial charge in [0.1, 0.15) is 11.1 Å². The van der Waals surface area contributed by atoms with Crippen LogP contribution < -0.4 is 5.32 Å². The molecule has 0 radical (unpaired) electrons. The van der Waals surface area contributed by atoms with Crippen LogP contribution in [0.15, 0.2) is 6.20 Å². The molecule has 0 saturated carbocycles. The second-order valence-electron chi connectivity index (χ2n) is 2.99. The van der Waals surface area contributed by atoms with Crippen molar-refractivity contribution in [1.29, 1.82) is 0 Å². The highest BCUT2D eigenvalue weighted by Gasteiger charge is 2.11. The third kappa shape index (κ3) is 2.49. The van der Waals surface area contributed by atoms with Gasteiger partial charge in [0, 0.05) is 24.2 Å². The normalized spacial score (nSPS) is 15.7. The van der Waals surface area contributed by atoms with Gasteiger partial charge < -0.3 is 10.1 Å². The Labute approximate surface area is 83.1 Å². The summed E-state index contributed by atoms with van der Waals surface area (Å²) in [7, 11) is 3.65. The first-order valence-corrected chi connectivity index (χ1v) is 5.16. The second-order valence-corrected chi connectivity index (χ2v) is 4.08. The van der Waals surface area contributed by atoms with E-state index < -0.39 is 0 Å². The molecule has 1 aromatic heterocycles. The Hall–Kier alpha value is -0.450. The zero-order valence-corrected chi connectivity index (χ0v) is 9.31. The van der Waals surface area contributed by atoms with E-state index in [-0.39, 0.29) is 6.10 Å². The van der Waals surface area contributed by atoms with Crippen molar-refractivity contribution in [3.8, 4) is 0 Å². The van der Waals surface area contributed by atoms with Gasteiger partial charge in [0.25, 0.3) is 0 Å². The number of ether oxygens (including phenoxy) is 1. The SMILES string of the molecule is CNC(C)c1cnc(C(C)OC)s1. The van der Waals surface area contributed by atoms with Crippen molar-refractivity contribution >= 4 is 11.3 Å². The molecule has 1 N–H and O–H groups in total. The van der Waals surface area contributed by atoms with Crippen LogP contribution >= 0.6 is 11.3 Å². The molecule has 0 bridgehead atoms. The summed E-state index contributed by atoms with van der Waals surface area (Å²) >= 11 is 1.70. The number of methoxy groups -OCH3 is 1. The van der Waals surface area contributed by atoms with Crippen LogP contribution in [-0.2, 0) is 4.74 Å². The zero-order valence-electron chi connectivity index (χ0n) is 8.50. The smallest absolute Gasteiger partial charge is 0.121 e. The van der Waals surface area contributed by atoms with Crippen molar-refractivity contribution in [2.45, 2.75) is 26.0 Å². The Balaban J connectivity index is 2.74. The quantitative estimate of drug-likeness (QED) is 0.808. The standard InChI is InChI=1S/C9H16N2OS/c1-6(10-3)8-5-11-9(13-8)7(2)12-4/h5-7,10H,1-4H3. The van der Waals surface area contributed by atoms with Gasteiger partial charge in [-0.05, 0) is 20.9 Å². The van der Waals surface area contributed by atoms with Gasteiger partial charge in [0.05, 0.1) is 0 Å². The van der Waals surface area contributed by atoms with E-state index in [4.69, 9.17) is 4.74 Å². The van der Waals surface area contributed by atoms with Crippen LogP contribution in [0.3, 0.4) is 0 Å². The van der Waals surface area contributed by atoms with Crippen LogP contribution in [0.5, 0.6) is 0 Å². The van der Waals surface area contributed by atoms with E-state index in [9.17, 15) is 0 Å². The first kappa shape index (κ1) is 10.6. The largest absolute Gasteiger partial charge is 0.375 e. The van der Waals surface area contributed by atoms with Gasteiger partial charge in [-0.15, -0.1) is 11.3 Å². The Bertz CT molecular complexity index is 237. The Morgan fingerprint density at radius 3 is 2.77 bits per heavy atom. The highest BCUT2D eigenvalue weighted by molar-refractivity contribution is 7.11. The summed E-state index contributed by atoms with van der Waals surface area (Å²) in [6.45, 7) is 4.13. The lowest BCUT2D eigenvalue weighted by molar-refractivity contribution is 0.119. The summed E-state index contributed by atoms with van der Waals surface area (Å²) in [6, 6.07) is 0.371. The second kappa shape index (κ2) is 4.69. The molecule has 1 rings (SSSR count). The van der Waals surface area contributed by atoms with Gasteiger partial charge in [-0.25, -0.2) is 4.98 Å². The number of nitrogens with zero attached hydrogens (tertiary/aromatic N) is 1. The first-order chi connectivity index (χ1) is 6.19. The minimum Gasteiger partial charge on any atom is -0.375 e. The molecule has 2 atom stereocenters. The van der Waals surface area contributed by atoms with E-state index in [1.54, 1.807) is 18.4 Å². The summed E-state index contributed by atoms with van der Waals surface area (Å²) in [6.07, 6.45) is 2.01. The molecule has 3 nitrogen and oxygen atoms in total. The molecule has 0 fully saturated rings. The molecule has 0 aromatic carbocycles. The fourth-order valence-corrected chi connectivity index (χ4v) is 1.94. The molecule has 0 aliphatic heterocycles. The first-order valence-electron chi connectivity index (χ1n) is 4.34. The number of hydrogen-bond donors (Lipinski definition) is 1. The van der Waals surface area contributed by atoms with Crippen LogP contribution in [0.4, 0.5) is 0 Å². The van der Waals surface area contributed by atoms with E-state index in [0.29, 0.717) is 6.04 Å². The number of thiazole rings is 1. The predicted octanol–water partition coefficient (Wildman–Crippen LogP) is 2.13. The number of nitrogens with one attached hydrogen (secondary N) is 1. The maximum Gasteiger partial charge on any atom is 0.121 e. The lowest BCUT2D eigenvalue weighted by Crippen LogP contribution is -2.10. The van der Waals surface area contributed by atoms with E-state index in [1.807, 2.05) is 20.2 Å². The van der Waals surface area contributed by atoms with E-state index in [0.717, 1.165) is 5.01 Å². The van der Waals surface area contributed by atoms with Gasteiger partial charge in [-0.3, -0.25) is 0 Å². The van der Waals surface area contributed by atoms with E-state index in [2.05, 4.69) is 17.2 Å². The van der Waals surface area contributed by atoms with Crippen LogP contribution in [0.2, 0.25) is 0 Å². The Morgan fingerprint density at radius 1 is 1.54 bits per heavy atom. The molecule has 1 heterocycles. The molecule has 0 spiro atoms. The molecule has 0 amide bonds. The minimum atomic E-state index is 0.0998. The monoisotopic (exact) mass is 200 g/mol. The van der Waals surface area contributed by atoms with Crippen LogP contribution in [0.25, 0.3) is 0 Å². The van der Waals surface area contributed by atoms with Gasteiger partial charge >= 0.3 is 0 Å². The molecule has 0 aliphatic carbocycles. The third-order valence-corrected chi connectivity index (χ3v) is 3.44. The van der Waals surface area contributed by atoms with E-state index in [1.165, 1.54) is 4.88 Å². The highest BCUT2D eigenvalue weighted by Crippen LogP contribution is 2.25. The van der Waals surface area contributed by atoms with E-state index >= 15 is 0 Å². The summed E-state index contributed by atoms with van der Waals surface area (Å²) in [5, 5.41) is 4.22. The number of hydrogen-bond acceptors (Lipinski definition) is 4. The van der Waals surface area contributed by atoms with Crippen molar-refractivity contribution in [2.24, 2.45) is 0 Å². The average Bonchev–Trinajstić information content (AvgIpc) is 2.64. The zero-order chi connectivity index (χ0) is 9.84. The fraction of sp³-hybridized carbons (Fsp3) is 0.667. The van der Waals surface area contributed by atoms with Gasteiger partial charge in [0.15, 0.2) is 0 Å². The molecule has 1 aromatic rings. The lowest BCUT2D eigenvalue weighted by Gasteiger charge is -2.06.